The number of nitro benzene ring substituents is 2. The van der Waals surface area contributed by atoms with E-state index in [9.17, 15) is 25.0 Å². The third kappa shape index (κ3) is 3.11. The van der Waals surface area contributed by atoms with Crippen LogP contribution < -0.4 is 5.32 Å². The van der Waals surface area contributed by atoms with Crippen molar-refractivity contribution in [1.29, 1.82) is 5.26 Å². The van der Waals surface area contributed by atoms with Gasteiger partial charge < -0.3 is 5.32 Å². The Balaban J connectivity index is 2.61. The molecule has 0 spiro atoms. The molecule has 0 radical (unpaired) electrons. The summed E-state index contributed by atoms with van der Waals surface area (Å²) in [6, 6.07) is 11.5. The number of anilines is 1. The van der Waals surface area contributed by atoms with Gasteiger partial charge in [0.25, 0.3) is 5.91 Å². The average molecular weight is 312 g/mol. The summed E-state index contributed by atoms with van der Waals surface area (Å²) in [4.78, 5) is 32.4. The Kier molecular flexibility index (Phi) is 4.28. The monoisotopic (exact) mass is 312 g/mol. The molecule has 0 unspecified atom stereocenters. The van der Waals surface area contributed by atoms with Crippen molar-refractivity contribution in [3.05, 3.63) is 73.8 Å². The first-order valence-corrected chi connectivity index (χ1v) is 6.18. The van der Waals surface area contributed by atoms with Gasteiger partial charge in [-0.3, -0.25) is 25.0 Å². The van der Waals surface area contributed by atoms with Crippen LogP contribution in [0, 0.1) is 31.6 Å². The van der Waals surface area contributed by atoms with Gasteiger partial charge in [-0.1, -0.05) is 18.2 Å². The highest BCUT2D eigenvalue weighted by Crippen LogP contribution is 2.33. The zero-order valence-corrected chi connectivity index (χ0v) is 11.4. The topological polar surface area (TPSA) is 139 Å². The third-order valence-electron chi connectivity index (χ3n) is 2.92. The van der Waals surface area contributed by atoms with Crippen molar-refractivity contribution in [3.63, 3.8) is 0 Å². The molecule has 0 fully saturated rings. The number of para-hydroxylation sites is 1. The zero-order valence-electron chi connectivity index (χ0n) is 11.4. The molecule has 0 aliphatic rings. The molecule has 114 valence electrons. The molecular weight excluding hydrogens is 304 g/mol. The fourth-order valence-electron chi connectivity index (χ4n) is 1.95. The number of hydrogen-bond donors (Lipinski definition) is 1. The first kappa shape index (κ1) is 15.6. The van der Waals surface area contributed by atoms with E-state index in [1.807, 2.05) is 0 Å². The van der Waals surface area contributed by atoms with Gasteiger partial charge in [0.2, 0.25) is 0 Å². The molecule has 9 nitrogen and oxygen atoms in total. The highest BCUT2D eigenvalue weighted by Gasteiger charge is 2.34. The quantitative estimate of drug-likeness (QED) is 0.679. The summed E-state index contributed by atoms with van der Waals surface area (Å²) in [5.74, 6) is -0.969. The number of nitro groups is 2. The van der Waals surface area contributed by atoms with Gasteiger partial charge in [-0.15, -0.1) is 0 Å². The molecule has 9 heteroatoms. The number of nitrogens with one attached hydrogen (secondary N) is 1. The zero-order chi connectivity index (χ0) is 17.0. The lowest BCUT2D eigenvalue weighted by Gasteiger charge is -2.07. The first-order chi connectivity index (χ1) is 11.0. The summed E-state index contributed by atoms with van der Waals surface area (Å²) in [5.41, 5.74) is -2.50. The van der Waals surface area contributed by atoms with Crippen LogP contribution in [0.25, 0.3) is 0 Å². The van der Waals surface area contributed by atoms with Crippen LogP contribution in [0.15, 0.2) is 42.5 Å². The van der Waals surface area contributed by atoms with E-state index in [4.69, 9.17) is 5.26 Å². The Labute approximate surface area is 129 Å². The number of nitriles is 1. The second-order valence-corrected chi connectivity index (χ2v) is 4.30. The molecule has 0 aliphatic heterocycles. The van der Waals surface area contributed by atoms with Crippen LogP contribution >= 0.6 is 0 Å². The van der Waals surface area contributed by atoms with Crippen molar-refractivity contribution in [1.82, 2.24) is 0 Å². The summed E-state index contributed by atoms with van der Waals surface area (Å²) in [5, 5.41) is 33.6. The maximum Gasteiger partial charge on any atom is 0.360 e. The fourth-order valence-corrected chi connectivity index (χ4v) is 1.95. The maximum absolute atomic E-state index is 12.3. The van der Waals surface area contributed by atoms with Gasteiger partial charge in [0.15, 0.2) is 0 Å². The van der Waals surface area contributed by atoms with E-state index in [0.29, 0.717) is 5.69 Å². The second-order valence-electron chi connectivity index (χ2n) is 4.30. The Morgan fingerprint density at radius 3 is 2.22 bits per heavy atom. The van der Waals surface area contributed by atoms with Gasteiger partial charge in [0, 0.05) is 11.8 Å². The summed E-state index contributed by atoms with van der Waals surface area (Å²) < 4.78 is 0. The molecule has 0 saturated carbocycles. The molecule has 23 heavy (non-hydrogen) atoms. The third-order valence-corrected chi connectivity index (χ3v) is 2.92. The number of benzene rings is 2. The van der Waals surface area contributed by atoms with E-state index in [2.05, 4.69) is 5.32 Å². The number of carbonyl (C=O) groups is 1. The highest BCUT2D eigenvalue weighted by atomic mass is 16.6. The summed E-state index contributed by atoms with van der Waals surface area (Å²) >= 11 is 0. The molecule has 0 bridgehead atoms. The van der Waals surface area contributed by atoms with Gasteiger partial charge in [-0.25, -0.2) is 0 Å². The predicted molar refractivity (Wildman–Crippen MR) is 78.9 cm³/mol. The number of rotatable bonds is 4. The van der Waals surface area contributed by atoms with E-state index in [1.165, 1.54) is 12.1 Å². The molecule has 2 aromatic carbocycles. The maximum atomic E-state index is 12.3. The smallest absolute Gasteiger partial charge is 0.322 e. The summed E-state index contributed by atoms with van der Waals surface area (Å²) in [6.45, 7) is 0. The van der Waals surface area contributed by atoms with Gasteiger partial charge in [0.1, 0.15) is 11.6 Å². The Morgan fingerprint density at radius 1 is 1.04 bits per heavy atom. The molecule has 1 amide bonds. The fraction of sp³-hybridized carbons (Fsp3) is 0. The van der Waals surface area contributed by atoms with Crippen LogP contribution in [-0.4, -0.2) is 15.8 Å². The van der Waals surface area contributed by atoms with Gasteiger partial charge in [0.05, 0.1) is 15.4 Å². The molecule has 0 heterocycles. The minimum Gasteiger partial charge on any atom is -0.322 e. The molecule has 2 aromatic rings. The molecular formula is C14H8N4O5. The highest BCUT2D eigenvalue weighted by molar-refractivity contribution is 6.09. The SMILES string of the molecule is N#Cc1ccc([N+](=O)[O-])c([N+](=O)[O-])c1C(=O)Nc1ccccc1. The van der Waals surface area contributed by atoms with Gasteiger partial charge >= 0.3 is 11.4 Å². The van der Waals surface area contributed by atoms with Crippen LogP contribution in [0.3, 0.4) is 0 Å². The molecule has 0 atom stereocenters. The van der Waals surface area contributed by atoms with Crippen molar-refractivity contribution in [2.45, 2.75) is 0 Å². The van der Waals surface area contributed by atoms with Crippen LogP contribution in [0.4, 0.5) is 17.1 Å². The molecule has 0 aromatic heterocycles. The summed E-state index contributed by atoms with van der Waals surface area (Å²) in [7, 11) is 0. The second kappa shape index (κ2) is 6.31. The first-order valence-electron chi connectivity index (χ1n) is 6.18. The van der Waals surface area contributed by atoms with Crippen LogP contribution in [0.1, 0.15) is 15.9 Å². The van der Waals surface area contributed by atoms with Crippen LogP contribution in [0.5, 0.6) is 0 Å². The molecule has 0 aliphatic carbocycles. The Morgan fingerprint density at radius 2 is 1.70 bits per heavy atom. The van der Waals surface area contributed by atoms with E-state index in [0.717, 1.165) is 12.1 Å². The normalized spacial score (nSPS) is 9.70. The molecule has 0 saturated heterocycles. The molecule has 1 N–H and O–H groups in total. The standard InChI is InChI=1S/C14H8N4O5/c15-8-9-6-7-11(17(20)21)13(18(22)23)12(9)14(19)16-10-4-2-1-3-5-10/h1-7H,(H,16,19). The largest absolute Gasteiger partial charge is 0.360 e. The lowest BCUT2D eigenvalue weighted by Crippen LogP contribution is -2.16. The van der Waals surface area contributed by atoms with Crippen LogP contribution in [0.2, 0.25) is 0 Å². The van der Waals surface area contributed by atoms with Crippen molar-refractivity contribution in [2.75, 3.05) is 5.32 Å². The number of hydrogen-bond acceptors (Lipinski definition) is 6. The predicted octanol–water partition coefficient (Wildman–Crippen LogP) is 2.63. The van der Waals surface area contributed by atoms with Crippen LogP contribution in [-0.2, 0) is 0 Å². The number of nitrogens with zero attached hydrogens (tertiary/aromatic N) is 3. The lowest BCUT2D eigenvalue weighted by atomic mass is 10.0. The van der Waals surface area contributed by atoms with Crippen molar-refractivity contribution in [3.8, 4) is 6.07 Å². The van der Waals surface area contributed by atoms with Gasteiger partial charge in [-0.05, 0) is 18.2 Å². The Bertz CT molecular complexity index is 842. The van der Waals surface area contributed by atoms with Crippen molar-refractivity contribution in [2.24, 2.45) is 0 Å². The minimum atomic E-state index is -1.04. The minimum absolute atomic E-state index is 0.323. The van der Waals surface area contributed by atoms with E-state index < -0.39 is 32.7 Å². The number of amides is 1. The molecule has 2 rings (SSSR count). The van der Waals surface area contributed by atoms with E-state index in [1.54, 1.807) is 24.3 Å². The van der Waals surface area contributed by atoms with E-state index in [-0.39, 0.29) is 5.56 Å². The van der Waals surface area contributed by atoms with Crippen molar-refractivity contribution >= 4 is 23.0 Å². The van der Waals surface area contributed by atoms with Gasteiger partial charge in [-0.2, -0.15) is 5.26 Å². The average Bonchev–Trinajstić information content (AvgIpc) is 2.53. The lowest BCUT2D eigenvalue weighted by molar-refractivity contribution is -0.422. The van der Waals surface area contributed by atoms with Crippen molar-refractivity contribution < 1.29 is 14.6 Å². The van der Waals surface area contributed by atoms with E-state index >= 15 is 0 Å². The summed E-state index contributed by atoms with van der Waals surface area (Å²) in [6.07, 6.45) is 0. The Hall–Kier alpha value is -3.80. The number of carbonyl (C=O) groups excluding carboxylic acids is 1.